The molecule has 0 atom stereocenters. The van der Waals surface area contributed by atoms with Gasteiger partial charge in [0, 0.05) is 26.2 Å². The molecule has 0 rings (SSSR count). The zero-order valence-electron chi connectivity index (χ0n) is 5.86. The van der Waals surface area contributed by atoms with Gasteiger partial charge in [0.05, 0.1) is 5.60 Å². The minimum Gasteiger partial charge on any atom is -0.390 e. The van der Waals surface area contributed by atoms with Crippen molar-refractivity contribution in [2.45, 2.75) is 39.2 Å². The number of hydrogen-bond acceptors (Lipinski definition) is 1. The predicted molar refractivity (Wildman–Crippen MR) is 31.2 cm³/mol. The van der Waals surface area contributed by atoms with Crippen LogP contribution >= 0.6 is 0 Å². The van der Waals surface area contributed by atoms with Gasteiger partial charge in [-0.1, -0.05) is 13.3 Å². The second kappa shape index (κ2) is 4.70. The van der Waals surface area contributed by atoms with Crippen LogP contribution in [-0.2, 0) is 26.2 Å². The molecule has 0 heterocycles. The van der Waals surface area contributed by atoms with Gasteiger partial charge in [0.2, 0.25) is 0 Å². The van der Waals surface area contributed by atoms with E-state index in [0.29, 0.717) is 0 Å². The van der Waals surface area contributed by atoms with Gasteiger partial charge in [0.15, 0.2) is 0 Å². The van der Waals surface area contributed by atoms with Gasteiger partial charge in [-0.05, 0) is 20.3 Å². The molecule has 2 heteroatoms. The molecule has 0 radical (unpaired) electrons. The van der Waals surface area contributed by atoms with E-state index in [1.165, 1.54) is 0 Å². The van der Waals surface area contributed by atoms with Crippen molar-refractivity contribution in [3.8, 4) is 0 Å². The van der Waals surface area contributed by atoms with Gasteiger partial charge in [-0.15, -0.1) is 0 Å². The maximum atomic E-state index is 9.02. The molecule has 1 nitrogen and oxygen atoms in total. The van der Waals surface area contributed by atoms with E-state index < -0.39 is 5.60 Å². The summed E-state index contributed by atoms with van der Waals surface area (Å²) in [5.74, 6) is 0. The van der Waals surface area contributed by atoms with E-state index in [4.69, 9.17) is 5.11 Å². The van der Waals surface area contributed by atoms with E-state index in [2.05, 4.69) is 6.92 Å². The van der Waals surface area contributed by atoms with Crippen molar-refractivity contribution in [3.05, 3.63) is 0 Å². The second-order valence-corrected chi connectivity index (χ2v) is 2.56. The fourth-order valence-corrected chi connectivity index (χ4v) is 0.612. The second-order valence-electron chi connectivity index (χ2n) is 2.56. The zero-order chi connectivity index (χ0) is 5.91. The Morgan fingerprint density at radius 1 is 1.38 bits per heavy atom. The molecular formula is C6H14OZr. The largest absolute Gasteiger partial charge is 0.390 e. The topological polar surface area (TPSA) is 20.2 Å². The summed E-state index contributed by atoms with van der Waals surface area (Å²) in [5, 5.41) is 9.02. The normalized spacial score (nSPS) is 10.5. The third kappa shape index (κ3) is 9.96. The SMILES string of the molecule is CCCC(C)(C)O.[Zr]. The number of rotatable bonds is 2. The fraction of sp³-hybridized carbons (Fsp3) is 1.00. The zero-order valence-corrected chi connectivity index (χ0v) is 8.32. The van der Waals surface area contributed by atoms with Crippen molar-refractivity contribution >= 4 is 0 Å². The van der Waals surface area contributed by atoms with E-state index in [9.17, 15) is 0 Å². The summed E-state index contributed by atoms with van der Waals surface area (Å²) in [7, 11) is 0. The molecule has 0 unspecified atom stereocenters. The molecule has 0 aliphatic rings. The third-order valence-corrected chi connectivity index (χ3v) is 0.862. The molecule has 0 aliphatic heterocycles. The van der Waals surface area contributed by atoms with Crippen LogP contribution in [0.2, 0.25) is 0 Å². The molecule has 0 amide bonds. The maximum absolute atomic E-state index is 9.02. The van der Waals surface area contributed by atoms with Crippen LogP contribution in [0.5, 0.6) is 0 Å². The molecule has 0 aromatic heterocycles. The van der Waals surface area contributed by atoms with Gasteiger partial charge in [-0.25, -0.2) is 0 Å². The van der Waals surface area contributed by atoms with Crippen molar-refractivity contribution in [3.63, 3.8) is 0 Å². The molecule has 1 N–H and O–H groups in total. The van der Waals surface area contributed by atoms with Crippen LogP contribution in [0.3, 0.4) is 0 Å². The Hall–Kier alpha value is 0.843. The first kappa shape index (κ1) is 11.6. The Morgan fingerprint density at radius 2 is 1.75 bits per heavy atom. The van der Waals surface area contributed by atoms with Gasteiger partial charge >= 0.3 is 0 Å². The Balaban J connectivity index is 0. The Kier molecular flexibility index (Phi) is 6.82. The summed E-state index contributed by atoms with van der Waals surface area (Å²) in [4.78, 5) is 0. The van der Waals surface area contributed by atoms with Gasteiger partial charge < -0.3 is 5.11 Å². The Bertz CT molecular complexity index is 47.0. The number of hydrogen-bond donors (Lipinski definition) is 1. The van der Waals surface area contributed by atoms with Crippen molar-refractivity contribution in [1.29, 1.82) is 0 Å². The minimum atomic E-state index is -0.450. The number of aliphatic hydroxyl groups is 1. The standard InChI is InChI=1S/C6H14O.Zr/c1-4-5-6(2,3)7;/h7H,4-5H2,1-3H3;. The molecule has 8 heavy (non-hydrogen) atoms. The molecule has 0 aromatic rings. The molecule has 0 aliphatic carbocycles. The van der Waals surface area contributed by atoms with Crippen LogP contribution in [0, 0.1) is 0 Å². The van der Waals surface area contributed by atoms with Crippen LogP contribution in [0.15, 0.2) is 0 Å². The van der Waals surface area contributed by atoms with Crippen LogP contribution in [0.25, 0.3) is 0 Å². The summed E-state index contributed by atoms with van der Waals surface area (Å²) in [6, 6.07) is 0. The third-order valence-electron chi connectivity index (χ3n) is 0.862. The summed E-state index contributed by atoms with van der Waals surface area (Å²) >= 11 is 0. The smallest absolute Gasteiger partial charge is 0.0591 e. The molecular weight excluding hydrogens is 179 g/mol. The van der Waals surface area contributed by atoms with Gasteiger partial charge in [-0.2, -0.15) is 0 Å². The Morgan fingerprint density at radius 3 is 1.75 bits per heavy atom. The van der Waals surface area contributed by atoms with E-state index in [-0.39, 0.29) is 26.2 Å². The van der Waals surface area contributed by atoms with Crippen molar-refractivity contribution in [2.75, 3.05) is 0 Å². The molecule has 48 valence electrons. The Labute approximate surface area is 70.6 Å². The van der Waals surface area contributed by atoms with Crippen molar-refractivity contribution in [2.24, 2.45) is 0 Å². The van der Waals surface area contributed by atoms with Gasteiger partial charge in [-0.3, -0.25) is 0 Å². The maximum Gasteiger partial charge on any atom is 0.0591 e. The summed E-state index contributed by atoms with van der Waals surface area (Å²) in [5.41, 5.74) is -0.450. The van der Waals surface area contributed by atoms with Gasteiger partial charge in [0.25, 0.3) is 0 Å². The van der Waals surface area contributed by atoms with Crippen molar-refractivity contribution in [1.82, 2.24) is 0 Å². The monoisotopic (exact) mass is 192 g/mol. The van der Waals surface area contributed by atoms with Crippen LogP contribution < -0.4 is 0 Å². The van der Waals surface area contributed by atoms with E-state index in [1.807, 2.05) is 13.8 Å². The summed E-state index contributed by atoms with van der Waals surface area (Å²) in [6.07, 6.45) is 1.95. The van der Waals surface area contributed by atoms with Gasteiger partial charge in [0.1, 0.15) is 0 Å². The first-order valence-electron chi connectivity index (χ1n) is 2.78. The van der Waals surface area contributed by atoms with E-state index >= 15 is 0 Å². The molecule has 0 spiro atoms. The first-order valence-corrected chi connectivity index (χ1v) is 2.78. The minimum absolute atomic E-state index is 0. The van der Waals surface area contributed by atoms with E-state index in [1.54, 1.807) is 0 Å². The summed E-state index contributed by atoms with van der Waals surface area (Å²) < 4.78 is 0. The average Bonchev–Trinajstić information content (AvgIpc) is 1.30. The molecule has 0 fully saturated rings. The molecule has 0 saturated carbocycles. The van der Waals surface area contributed by atoms with Crippen LogP contribution in [-0.4, -0.2) is 10.7 Å². The quantitative estimate of drug-likeness (QED) is 0.705. The van der Waals surface area contributed by atoms with Crippen molar-refractivity contribution < 1.29 is 31.3 Å². The van der Waals surface area contributed by atoms with Crippen LogP contribution in [0.1, 0.15) is 33.6 Å². The summed E-state index contributed by atoms with van der Waals surface area (Å²) in [6.45, 7) is 5.73. The molecule has 0 bridgehead atoms. The van der Waals surface area contributed by atoms with E-state index in [0.717, 1.165) is 12.8 Å². The molecule has 0 saturated heterocycles. The first-order chi connectivity index (χ1) is 3.06. The predicted octanol–water partition coefficient (Wildman–Crippen LogP) is 1.55. The fourth-order valence-electron chi connectivity index (χ4n) is 0.612. The van der Waals surface area contributed by atoms with Crippen LogP contribution in [0.4, 0.5) is 0 Å². The molecule has 0 aromatic carbocycles. The average molecular weight is 193 g/mol.